The molecule has 3 aromatic rings. The highest BCUT2D eigenvalue weighted by Crippen LogP contribution is 2.33. The van der Waals surface area contributed by atoms with E-state index >= 15 is 0 Å². The average molecular weight is 610 g/mol. The summed E-state index contributed by atoms with van der Waals surface area (Å²) in [5.41, 5.74) is 12.7. The first kappa shape index (κ1) is 33.4. The van der Waals surface area contributed by atoms with Crippen molar-refractivity contribution >= 4 is 40.6 Å². The van der Waals surface area contributed by atoms with Gasteiger partial charge in [0, 0.05) is 16.6 Å². The lowest BCUT2D eigenvalue weighted by Gasteiger charge is -2.22. The van der Waals surface area contributed by atoms with E-state index in [0.29, 0.717) is 40.5 Å². The Balaban J connectivity index is 0.000000782. The number of halogens is 3. The quantitative estimate of drug-likeness (QED) is 0.111. The number of aliphatic carboxylic acids is 1. The lowest BCUT2D eigenvalue weighted by Crippen LogP contribution is -2.45. The van der Waals surface area contributed by atoms with Crippen molar-refractivity contribution in [3.05, 3.63) is 76.0 Å². The number of anilines is 1. The topological polar surface area (TPSA) is 176 Å². The van der Waals surface area contributed by atoms with Crippen LogP contribution in [0, 0.1) is 5.41 Å². The van der Waals surface area contributed by atoms with Crippen LogP contribution in [0.1, 0.15) is 48.3 Å². The standard InChI is InChI=1S/C25H29N5O4S.C2HF3O2/c1-4-33-21-13-17(7-10-20(21)34-15(2)3)22(28-19-8-5-16(6-9-19)23(26)27)25(32)30-29-24(31)18-11-12-35-14-18;3-2(4,5)1(6)7/h5-15,22,28H,4H2,1-3H3,(H3,26,27)(H,29,31)(H,30,32);(H,6,7). The van der Waals surface area contributed by atoms with Crippen molar-refractivity contribution in [2.45, 2.75) is 39.1 Å². The average Bonchev–Trinajstić information content (AvgIpc) is 3.46. The van der Waals surface area contributed by atoms with E-state index in [9.17, 15) is 22.8 Å². The van der Waals surface area contributed by atoms with Crippen LogP contribution in [0.5, 0.6) is 11.5 Å². The molecule has 0 saturated heterocycles. The maximum absolute atomic E-state index is 13.2. The largest absolute Gasteiger partial charge is 0.490 e. The molecule has 1 heterocycles. The number of amides is 2. The zero-order valence-corrected chi connectivity index (χ0v) is 23.6. The number of nitrogen functional groups attached to an aromatic ring is 1. The van der Waals surface area contributed by atoms with Gasteiger partial charge in [-0.2, -0.15) is 24.5 Å². The van der Waals surface area contributed by atoms with Gasteiger partial charge in [-0.3, -0.25) is 25.8 Å². The number of nitrogens with two attached hydrogens (primary N) is 1. The Labute approximate surface area is 243 Å². The highest BCUT2D eigenvalue weighted by atomic mass is 32.1. The number of thiophene rings is 1. The summed E-state index contributed by atoms with van der Waals surface area (Å²) < 4.78 is 43.3. The number of benzene rings is 2. The van der Waals surface area contributed by atoms with Crippen molar-refractivity contribution in [3.8, 4) is 11.5 Å². The van der Waals surface area contributed by atoms with Gasteiger partial charge in [-0.1, -0.05) is 6.07 Å². The number of hydrogen-bond donors (Lipinski definition) is 6. The number of carbonyl (C=O) groups is 3. The fraction of sp³-hybridized carbons (Fsp3) is 0.259. The second kappa shape index (κ2) is 15.3. The summed E-state index contributed by atoms with van der Waals surface area (Å²) in [4.78, 5) is 34.4. The predicted molar refractivity (Wildman–Crippen MR) is 151 cm³/mol. The number of carbonyl (C=O) groups excluding carboxylic acids is 2. The number of ether oxygens (including phenoxy) is 2. The first-order valence-corrected chi connectivity index (χ1v) is 13.2. The number of hydrazine groups is 1. The van der Waals surface area contributed by atoms with Gasteiger partial charge >= 0.3 is 12.1 Å². The van der Waals surface area contributed by atoms with Gasteiger partial charge in [-0.05, 0) is 74.2 Å². The van der Waals surface area contributed by atoms with Crippen molar-refractivity contribution in [1.29, 1.82) is 5.41 Å². The van der Waals surface area contributed by atoms with Crippen molar-refractivity contribution in [2.75, 3.05) is 11.9 Å². The van der Waals surface area contributed by atoms with Crippen molar-refractivity contribution in [2.24, 2.45) is 5.73 Å². The minimum Gasteiger partial charge on any atom is -0.490 e. The number of amidine groups is 1. The number of hydrogen-bond acceptors (Lipinski definition) is 8. The Morgan fingerprint density at radius 1 is 1.02 bits per heavy atom. The molecule has 0 radical (unpaired) electrons. The molecule has 0 aliphatic heterocycles. The number of rotatable bonds is 10. The van der Waals surface area contributed by atoms with Gasteiger partial charge in [0.25, 0.3) is 11.8 Å². The summed E-state index contributed by atoms with van der Waals surface area (Å²) in [6.45, 7) is 6.13. The van der Waals surface area contributed by atoms with E-state index in [1.165, 1.54) is 11.3 Å². The summed E-state index contributed by atoms with van der Waals surface area (Å²) in [7, 11) is 0. The molecule has 226 valence electrons. The number of carboxylic acids is 1. The van der Waals surface area contributed by atoms with E-state index in [1.54, 1.807) is 59.3 Å². The van der Waals surface area contributed by atoms with Gasteiger partial charge in [0.15, 0.2) is 11.5 Å². The molecule has 0 bridgehead atoms. The van der Waals surface area contributed by atoms with Crippen LogP contribution in [0.2, 0.25) is 0 Å². The van der Waals surface area contributed by atoms with Crippen LogP contribution in [0.15, 0.2) is 59.3 Å². The summed E-state index contributed by atoms with van der Waals surface area (Å²) in [6, 6.07) is 12.9. The monoisotopic (exact) mass is 609 g/mol. The van der Waals surface area contributed by atoms with E-state index in [4.69, 9.17) is 30.5 Å². The number of nitrogens with one attached hydrogen (secondary N) is 4. The molecule has 3 rings (SSSR count). The Morgan fingerprint density at radius 2 is 1.67 bits per heavy atom. The Bertz CT molecular complexity index is 1370. The third kappa shape index (κ3) is 10.3. The molecule has 0 saturated carbocycles. The smallest absolute Gasteiger partial charge is 0.490 e. The second-order valence-electron chi connectivity index (χ2n) is 8.63. The summed E-state index contributed by atoms with van der Waals surface area (Å²) in [5.74, 6) is -2.63. The molecule has 0 aliphatic carbocycles. The SMILES string of the molecule is CCOc1cc(C(Nc2ccc(C(=N)N)cc2)C(=O)NNC(=O)c2ccsc2)ccc1OC(C)C.O=C(O)C(F)(F)F. The Kier molecular flexibility index (Phi) is 12.2. The van der Waals surface area contributed by atoms with Gasteiger partial charge in [0.2, 0.25) is 0 Å². The Hall–Kier alpha value is -4.79. The molecule has 0 aliphatic rings. The van der Waals surface area contributed by atoms with Gasteiger partial charge in [-0.15, -0.1) is 0 Å². The van der Waals surface area contributed by atoms with Gasteiger partial charge < -0.3 is 25.6 Å². The molecule has 11 nitrogen and oxygen atoms in total. The maximum Gasteiger partial charge on any atom is 0.490 e. The molecular weight excluding hydrogens is 579 g/mol. The number of carboxylic acid groups (broad SMARTS) is 1. The van der Waals surface area contributed by atoms with E-state index < -0.39 is 30.0 Å². The zero-order chi connectivity index (χ0) is 31.4. The van der Waals surface area contributed by atoms with Crippen molar-refractivity contribution < 1.29 is 42.1 Å². The first-order chi connectivity index (χ1) is 19.7. The lowest BCUT2D eigenvalue weighted by molar-refractivity contribution is -0.192. The minimum atomic E-state index is -5.08. The lowest BCUT2D eigenvalue weighted by atomic mass is 10.0. The second-order valence-corrected chi connectivity index (χ2v) is 9.41. The summed E-state index contributed by atoms with van der Waals surface area (Å²) >= 11 is 1.39. The fourth-order valence-electron chi connectivity index (χ4n) is 3.19. The van der Waals surface area contributed by atoms with E-state index in [1.807, 2.05) is 20.8 Å². The fourth-order valence-corrected chi connectivity index (χ4v) is 3.83. The molecule has 2 aromatic carbocycles. The normalized spacial score (nSPS) is 11.4. The van der Waals surface area contributed by atoms with Gasteiger partial charge in [-0.25, -0.2) is 4.79 Å². The summed E-state index contributed by atoms with van der Waals surface area (Å²) in [5, 5.41) is 21.3. The van der Waals surface area contributed by atoms with Gasteiger partial charge in [0.1, 0.15) is 11.9 Å². The van der Waals surface area contributed by atoms with Crippen LogP contribution in [0.25, 0.3) is 0 Å². The van der Waals surface area contributed by atoms with E-state index in [0.717, 1.165) is 0 Å². The molecule has 15 heteroatoms. The highest BCUT2D eigenvalue weighted by molar-refractivity contribution is 7.08. The third-order valence-corrected chi connectivity index (χ3v) is 5.74. The number of alkyl halides is 3. The predicted octanol–water partition coefficient (Wildman–Crippen LogP) is 4.47. The molecule has 1 unspecified atom stereocenters. The van der Waals surface area contributed by atoms with E-state index in [2.05, 4.69) is 16.2 Å². The van der Waals surface area contributed by atoms with Crippen molar-refractivity contribution in [1.82, 2.24) is 10.9 Å². The Morgan fingerprint density at radius 3 is 2.17 bits per heavy atom. The zero-order valence-electron chi connectivity index (χ0n) is 22.7. The van der Waals surface area contributed by atoms with Crippen LogP contribution in [-0.4, -0.2) is 47.6 Å². The van der Waals surface area contributed by atoms with Crippen LogP contribution in [0.3, 0.4) is 0 Å². The molecule has 1 atom stereocenters. The highest BCUT2D eigenvalue weighted by Gasteiger charge is 2.38. The summed E-state index contributed by atoms with van der Waals surface area (Å²) in [6.07, 6.45) is -5.13. The van der Waals surface area contributed by atoms with Crippen LogP contribution in [0.4, 0.5) is 18.9 Å². The molecule has 0 fully saturated rings. The van der Waals surface area contributed by atoms with Crippen molar-refractivity contribution in [3.63, 3.8) is 0 Å². The molecule has 0 spiro atoms. The minimum absolute atomic E-state index is 0.0515. The maximum atomic E-state index is 13.2. The molecular formula is C27H30F3N5O6S. The molecule has 1 aromatic heterocycles. The molecule has 42 heavy (non-hydrogen) atoms. The first-order valence-electron chi connectivity index (χ1n) is 12.3. The molecule has 2 amide bonds. The van der Waals surface area contributed by atoms with E-state index in [-0.39, 0.29) is 11.9 Å². The molecule has 7 N–H and O–H groups in total. The van der Waals surface area contributed by atoms with Crippen LogP contribution in [-0.2, 0) is 9.59 Å². The third-order valence-electron chi connectivity index (χ3n) is 5.06. The van der Waals surface area contributed by atoms with Gasteiger partial charge in [0.05, 0.1) is 18.3 Å². The van der Waals surface area contributed by atoms with Crippen LogP contribution >= 0.6 is 11.3 Å². The van der Waals surface area contributed by atoms with Crippen LogP contribution < -0.4 is 31.4 Å².